The quantitative estimate of drug-likeness (QED) is 0.647. The minimum absolute atomic E-state index is 0.0536. The lowest BCUT2D eigenvalue weighted by atomic mass is 9.99. The predicted molar refractivity (Wildman–Crippen MR) is 118 cm³/mol. The predicted octanol–water partition coefficient (Wildman–Crippen LogP) is 4.70. The van der Waals surface area contributed by atoms with E-state index in [1.807, 2.05) is 19.1 Å². The fraction of sp³-hybridized carbons (Fsp3) is 0.500. The fourth-order valence-electron chi connectivity index (χ4n) is 4.29. The van der Waals surface area contributed by atoms with E-state index >= 15 is 0 Å². The number of carbonyl (C=O) groups excluding carboxylic acids is 1. The van der Waals surface area contributed by atoms with Crippen LogP contribution < -0.4 is 10.1 Å². The van der Waals surface area contributed by atoms with E-state index in [1.54, 1.807) is 0 Å². The van der Waals surface area contributed by atoms with Crippen molar-refractivity contribution in [1.82, 2.24) is 10.2 Å². The third-order valence-electron chi connectivity index (χ3n) is 7.11. The normalized spacial score (nSPS) is 22.7. The van der Waals surface area contributed by atoms with Crippen molar-refractivity contribution in [1.29, 1.82) is 0 Å². The van der Waals surface area contributed by atoms with Crippen molar-refractivity contribution in [3.63, 3.8) is 0 Å². The lowest BCUT2D eigenvalue weighted by molar-refractivity contribution is -0.125. The molecule has 0 aromatic heterocycles. The summed E-state index contributed by atoms with van der Waals surface area (Å²) in [6, 6.07) is 14.4. The molecule has 1 atom stereocenters. The van der Waals surface area contributed by atoms with Crippen LogP contribution >= 0.6 is 0 Å². The van der Waals surface area contributed by atoms with Gasteiger partial charge in [0.05, 0.1) is 12.5 Å². The second-order valence-electron chi connectivity index (χ2n) is 9.92. The van der Waals surface area contributed by atoms with E-state index in [0.29, 0.717) is 12.3 Å². The van der Waals surface area contributed by atoms with Crippen LogP contribution in [0.3, 0.4) is 0 Å². The Morgan fingerprint density at radius 2 is 1.84 bits per heavy atom. The van der Waals surface area contributed by atoms with Crippen LogP contribution in [0.1, 0.15) is 48.4 Å². The van der Waals surface area contributed by atoms with Crippen LogP contribution in [-0.2, 0) is 30.8 Å². The van der Waals surface area contributed by atoms with Gasteiger partial charge in [0.25, 0.3) is 5.92 Å². The second-order valence-corrected chi connectivity index (χ2v) is 9.92. The Morgan fingerprint density at radius 1 is 1.12 bits per heavy atom. The zero-order chi connectivity index (χ0) is 22.3. The number of nitrogens with zero attached hydrogens (tertiary/aromatic N) is 1. The number of ether oxygens (including phenoxy) is 1. The van der Waals surface area contributed by atoms with Gasteiger partial charge in [-0.05, 0) is 53.6 Å². The molecule has 0 saturated heterocycles. The highest BCUT2D eigenvalue weighted by atomic mass is 19.3. The third kappa shape index (κ3) is 4.80. The van der Waals surface area contributed by atoms with Crippen LogP contribution in [-0.4, -0.2) is 29.9 Å². The summed E-state index contributed by atoms with van der Waals surface area (Å²) in [4.78, 5) is 14.5. The molecule has 2 aromatic carbocycles. The van der Waals surface area contributed by atoms with Crippen LogP contribution in [0, 0.1) is 11.3 Å². The monoisotopic (exact) mass is 440 g/mol. The molecule has 1 aliphatic heterocycles. The highest BCUT2D eigenvalue weighted by Crippen LogP contribution is 2.48. The Bertz CT molecular complexity index is 1000. The van der Waals surface area contributed by atoms with Gasteiger partial charge >= 0.3 is 0 Å². The SMILES string of the molecule is CC1(C(=O)NCc2ccc(CN3CCc4cc(OCC5CC5(F)F)ccc4C3)cc2)CC1. The first-order chi connectivity index (χ1) is 15.3. The summed E-state index contributed by atoms with van der Waals surface area (Å²) in [6.45, 7) is 5.39. The van der Waals surface area contributed by atoms with E-state index in [1.165, 1.54) is 16.7 Å². The highest BCUT2D eigenvalue weighted by molar-refractivity contribution is 5.84. The molecule has 170 valence electrons. The molecule has 6 heteroatoms. The van der Waals surface area contributed by atoms with Gasteiger partial charge in [-0.3, -0.25) is 9.69 Å². The highest BCUT2D eigenvalue weighted by Gasteiger charge is 2.57. The van der Waals surface area contributed by atoms with Gasteiger partial charge in [-0.2, -0.15) is 0 Å². The van der Waals surface area contributed by atoms with Crippen molar-refractivity contribution in [2.45, 2.75) is 58.2 Å². The summed E-state index contributed by atoms with van der Waals surface area (Å²) in [5, 5.41) is 3.04. The largest absolute Gasteiger partial charge is 0.493 e. The molecular formula is C26H30F2N2O2. The minimum Gasteiger partial charge on any atom is -0.493 e. The molecule has 2 aromatic rings. The van der Waals surface area contributed by atoms with Crippen molar-refractivity contribution in [3.8, 4) is 5.75 Å². The molecule has 2 aliphatic carbocycles. The maximum absolute atomic E-state index is 13.0. The summed E-state index contributed by atoms with van der Waals surface area (Å²) >= 11 is 0. The average Bonchev–Trinajstić information content (AvgIpc) is 3.68. The molecule has 0 spiro atoms. The number of hydrogen-bond acceptors (Lipinski definition) is 3. The van der Waals surface area contributed by atoms with Gasteiger partial charge in [-0.15, -0.1) is 0 Å². The Kier molecular flexibility index (Phi) is 5.44. The van der Waals surface area contributed by atoms with E-state index in [2.05, 4.69) is 40.5 Å². The summed E-state index contributed by atoms with van der Waals surface area (Å²) in [6.07, 6.45) is 2.85. The van der Waals surface area contributed by atoms with Crippen molar-refractivity contribution in [2.75, 3.05) is 13.2 Å². The molecule has 0 bridgehead atoms. The van der Waals surface area contributed by atoms with Gasteiger partial charge in [0.15, 0.2) is 0 Å². The zero-order valence-electron chi connectivity index (χ0n) is 18.5. The Hall–Kier alpha value is -2.47. The number of rotatable bonds is 8. The average molecular weight is 441 g/mol. The number of hydrogen-bond donors (Lipinski definition) is 1. The van der Waals surface area contributed by atoms with Crippen molar-refractivity contribution >= 4 is 5.91 Å². The number of carbonyl (C=O) groups is 1. The molecule has 0 radical (unpaired) electrons. The van der Waals surface area contributed by atoms with Crippen LogP contribution in [0.2, 0.25) is 0 Å². The third-order valence-corrected chi connectivity index (χ3v) is 7.11. The van der Waals surface area contributed by atoms with Gasteiger partial charge in [0, 0.05) is 38.0 Å². The molecule has 4 nitrogen and oxygen atoms in total. The Labute approximate surface area is 187 Å². The molecule has 2 saturated carbocycles. The number of benzene rings is 2. The fourth-order valence-corrected chi connectivity index (χ4v) is 4.29. The standard InChI is InChI=1S/C26H30F2N2O2/c1-25(9-10-25)24(31)29-14-18-2-4-19(5-3-18)15-30-11-8-20-12-23(7-6-21(20)16-30)32-17-22-13-26(22,27)28/h2-7,12,22H,8-11,13-17H2,1H3,(H,29,31). The first-order valence-corrected chi connectivity index (χ1v) is 11.5. The summed E-state index contributed by atoms with van der Waals surface area (Å²) in [5.74, 6) is -2.31. The van der Waals surface area contributed by atoms with Gasteiger partial charge < -0.3 is 10.1 Å². The van der Waals surface area contributed by atoms with E-state index in [0.717, 1.165) is 44.5 Å². The molecule has 1 unspecified atom stereocenters. The first kappa shape index (κ1) is 21.4. The van der Waals surface area contributed by atoms with E-state index in [-0.39, 0.29) is 24.3 Å². The Balaban J connectivity index is 1.11. The molecule has 32 heavy (non-hydrogen) atoms. The zero-order valence-corrected chi connectivity index (χ0v) is 18.5. The van der Waals surface area contributed by atoms with Crippen LogP contribution in [0.4, 0.5) is 8.78 Å². The lowest BCUT2D eigenvalue weighted by Gasteiger charge is -2.29. The topological polar surface area (TPSA) is 41.6 Å². The molecule has 5 rings (SSSR count). The van der Waals surface area contributed by atoms with Crippen molar-refractivity contribution < 1.29 is 18.3 Å². The number of fused-ring (bicyclic) bond motifs is 1. The molecule has 1 amide bonds. The molecule has 3 aliphatic rings. The summed E-state index contributed by atoms with van der Waals surface area (Å²) < 4.78 is 31.7. The van der Waals surface area contributed by atoms with Gasteiger partial charge in [-0.25, -0.2) is 8.78 Å². The smallest absolute Gasteiger partial charge is 0.255 e. The van der Waals surface area contributed by atoms with Crippen LogP contribution in [0.15, 0.2) is 42.5 Å². The number of alkyl halides is 2. The van der Waals surface area contributed by atoms with E-state index < -0.39 is 11.8 Å². The molecule has 1 N–H and O–H groups in total. The van der Waals surface area contributed by atoms with Gasteiger partial charge in [-0.1, -0.05) is 37.3 Å². The number of nitrogens with one attached hydrogen (secondary N) is 1. The Morgan fingerprint density at radius 3 is 2.53 bits per heavy atom. The molecule has 1 heterocycles. The maximum Gasteiger partial charge on any atom is 0.255 e. The van der Waals surface area contributed by atoms with Gasteiger partial charge in [0.2, 0.25) is 5.91 Å². The lowest BCUT2D eigenvalue weighted by Crippen LogP contribution is -2.30. The molecule has 2 fully saturated rings. The number of amides is 1. The molecular weight excluding hydrogens is 410 g/mol. The van der Waals surface area contributed by atoms with Crippen LogP contribution in [0.5, 0.6) is 5.75 Å². The summed E-state index contributed by atoms with van der Waals surface area (Å²) in [5.41, 5.74) is 4.75. The van der Waals surface area contributed by atoms with Crippen LogP contribution in [0.25, 0.3) is 0 Å². The van der Waals surface area contributed by atoms with Crippen molar-refractivity contribution in [3.05, 3.63) is 64.7 Å². The maximum atomic E-state index is 13.0. The first-order valence-electron chi connectivity index (χ1n) is 11.5. The van der Waals surface area contributed by atoms with E-state index in [9.17, 15) is 13.6 Å². The number of halogens is 2. The van der Waals surface area contributed by atoms with E-state index in [4.69, 9.17) is 4.74 Å². The van der Waals surface area contributed by atoms with Crippen molar-refractivity contribution in [2.24, 2.45) is 11.3 Å². The second kappa shape index (κ2) is 8.14. The van der Waals surface area contributed by atoms with Gasteiger partial charge in [0.1, 0.15) is 5.75 Å². The summed E-state index contributed by atoms with van der Waals surface area (Å²) in [7, 11) is 0. The minimum atomic E-state index is -2.53.